The second kappa shape index (κ2) is 3.18. The van der Waals surface area contributed by atoms with Gasteiger partial charge in [-0.15, -0.1) is 0 Å². The number of aryl methyl sites for hydroxylation is 2. The van der Waals surface area contributed by atoms with Crippen molar-refractivity contribution in [1.82, 2.24) is 0 Å². The van der Waals surface area contributed by atoms with Gasteiger partial charge in [-0.1, -0.05) is 6.07 Å². The van der Waals surface area contributed by atoms with E-state index in [1.54, 1.807) is 7.11 Å². The number of hydrogen-bond acceptors (Lipinski definition) is 1. The molecule has 0 unspecified atom stereocenters. The first kappa shape index (κ1) is 9.11. The van der Waals surface area contributed by atoms with E-state index in [0.717, 1.165) is 5.75 Å². The minimum atomic E-state index is 1.03. The van der Waals surface area contributed by atoms with Crippen LogP contribution >= 0.6 is 0 Å². The van der Waals surface area contributed by atoms with E-state index in [-0.39, 0.29) is 0 Å². The summed E-state index contributed by atoms with van der Waals surface area (Å²) in [5.74, 6) is 1.03. The summed E-state index contributed by atoms with van der Waals surface area (Å²) in [5.41, 5.74) is 5.15. The van der Waals surface area contributed by atoms with Gasteiger partial charge < -0.3 is 4.74 Å². The van der Waals surface area contributed by atoms with Crippen molar-refractivity contribution in [3.05, 3.63) is 28.3 Å². The normalized spacial score (nSPS) is 10.1. The lowest BCUT2D eigenvalue weighted by Gasteiger charge is -2.12. The second-order valence-corrected chi connectivity index (χ2v) is 3.29. The van der Waals surface area contributed by atoms with E-state index in [2.05, 4.69) is 33.8 Å². The molecule has 1 aromatic carbocycles. The predicted molar refractivity (Wildman–Crippen MR) is 51.9 cm³/mol. The Kier molecular flexibility index (Phi) is 2.41. The molecule has 0 amide bonds. The maximum atomic E-state index is 5.31. The van der Waals surface area contributed by atoms with Gasteiger partial charge in [-0.05, 0) is 49.9 Å². The molecule has 0 bridgehead atoms. The second-order valence-electron chi connectivity index (χ2n) is 3.29. The lowest BCUT2D eigenvalue weighted by atomic mass is 10.00. The summed E-state index contributed by atoms with van der Waals surface area (Å²) in [5, 5.41) is 0. The number of rotatable bonds is 1. The molecular formula is C11H16O. The van der Waals surface area contributed by atoms with Crippen LogP contribution in [0.15, 0.2) is 6.07 Å². The summed E-state index contributed by atoms with van der Waals surface area (Å²) in [6, 6.07) is 2.17. The van der Waals surface area contributed by atoms with Crippen LogP contribution in [0.3, 0.4) is 0 Å². The average molecular weight is 164 g/mol. The summed E-state index contributed by atoms with van der Waals surface area (Å²) in [7, 11) is 1.73. The Hall–Kier alpha value is -0.980. The third-order valence-electron chi connectivity index (χ3n) is 2.49. The lowest BCUT2D eigenvalue weighted by Crippen LogP contribution is -1.95. The minimum absolute atomic E-state index is 1.03. The van der Waals surface area contributed by atoms with Crippen LogP contribution in [-0.2, 0) is 0 Å². The Labute approximate surface area is 74.4 Å². The molecule has 0 radical (unpaired) electrons. The van der Waals surface area contributed by atoms with E-state index in [0.29, 0.717) is 0 Å². The van der Waals surface area contributed by atoms with Gasteiger partial charge in [0.1, 0.15) is 5.75 Å². The summed E-state index contributed by atoms with van der Waals surface area (Å²) >= 11 is 0. The van der Waals surface area contributed by atoms with Crippen molar-refractivity contribution >= 4 is 0 Å². The van der Waals surface area contributed by atoms with Crippen molar-refractivity contribution in [3.63, 3.8) is 0 Å². The van der Waals surface area contributed by atoms with Gasteiger partial charge >= 0.3 is 0 Å². The molecule has 0 heterocycles. The molecule has 66 valence electrons. The van der Waals surface area contributed by atoms with Gasteiger partial charge in [-0.2, -0.15) is 0 Å². The van der Waals surface area contributed by atoms with Gasteiger partial charge in [-0.3, -0.25) is 0 Å². The molecule has 0 spiro atoms. The monoisotopic (exact) mass is 164 g/mol. The van der Waals surface area contributed by atoms with Crippen molar-refractivity contribution in [2.24, 2.45) is 0 Å². The molecule has 0 fully saturated rings. The van der Waals surface area contributed by atoms with Crippen LogP contribution < -0.4 is 4.74 Å². The number of benzene rings is 1. The molecule has 0 aromatic heterocycles. The largest absolute Gasteiger partial charge is 0.496 e. The standard InChI is InChI=1S/C11H16O/c1-7-6-8(2)11(12-5)10(4)9(7)3/h6H,1-5H3. The van der Waals surface area contributed by atoms with Gasteiger partial charge in [0.25, 0.3) is 0 Å². The van der Waals surface area contributed by atoms with Gasteiger partial charge in [0.2, 0.25) is 0 Å². The summed E-state index contributed by atoms with van der Waals surface area (Å²) in [6.45, 7) is 8.45. The Morgan fingerprint density at radius 1 is 0.917 bits per heavy atom. The first-order chi connectivity index (χ1) is 5.57. The Morgan fingerprint density at radius 3 is 2.00 bits per heavy atom. The van der Waals surface area contributed by atoms with Crippen LogP contribution in [0.1, 0.15) is 22.3 Å². The molecule has 0 aliphatic heterocycles. The zero-order valence-corrected chi connectivity index (χ0v) is 8.49. The quantitative estimate of drug-likeness (QED) is 0.620. The third-order valence-corrected chi connectivity index (χ3v) is 2.49. The van der Waals surface area contributed by atoms with Crippen LogP contribution in [0.2, 0.25) is 0 Å². The van der Waals surface area contributed by atoms with Gasteiger partial charge in [-0.25, -0.2) is 0 Å². The third kappa shape index (κ3) is 1.31. The highest BCUT2D eigenvalue weighted by molar-refractivity contribution is 5.48. The first-order valence-electron chi connectivity index (χ1n) is 4.19. The van der Waals surface area contributed by atoms with Crippen molar-refractivity contribution in [3.8, 4) is 5.75 Å². The van der Waals surface area contributed by atoms with Crippen molar-refractivity contribution in [1.29, 1.82) is 0 Å². The van der Waals surface area contributed by atoms with E-state index < -0.39 is 0 Å². The zero-order chi connectivity index (χ0) is 9.30. The van der Waals surface area contributed by atoms with Gasteiger partial charge in [0, 0.05) is 0 Å². The van der Waals surface area contributed by atoms with Gasteiger partial charge in [0.15, 0.2) is 0 Å². The topological polar surface area (TPSA) is 9.23 Å². The highest BCUT2D eigenvalue weighted by atomic mass is 16.5. The summed E-state index contributed by atoms with van der Waals surface area (Å²) < 4.78 is 5.31. The molecule has 0 saturated heterocycles. The Balaban J connectivity index is 3.40. The summed E-state index contributed by atoms with van der Waals surface area (Å²) in [6.07, 6.45) is 0. The smallest absolute Gasteiger partial charge is 0.124 e. The molecule has 0 aliphatic rings. The van der Waals surface area contributed by atoms with Crippen LogP contribution in [0, 0.1) is 27.7 Å². The molecular weight excluding hydrogens is 148 g/mol. The van der Waals surface area contributed by atoms with E-state index in [1.165, 1.54) is 22.3 Å². The van der Waals surface area contributed by atoms with E-state index in [1.807, 2.05) is 0 Å². The maximum absolute atomic E-state index is 5.31. The number of methoxy groups -OCH3 is 1. The van der Waals surface area contributed by atoms with E-state index >= 15 is 0 Å². The fourth-order valence-corrected chi connectivity index (χ4v) is 1.57. The molecule has 0 saturated carbocycles. The fourth-order valence-electron chi connectivity index (χ4n) is 1.57. The molecule has 0 N–H and O–H groups in total. The van der Waals surface area contributed by atoms with Crippen molar-refractivity contribution in [2.45, 2.75) is 27.7 Å². The minimum Gasteiger partial charge on any atom is -0.496 e. The van der Waals surface area contributed by atoms with Crippen molar-refractivity contribution in [2.75, 3.05) is 7.11 Å². The fraction of sp³-hybridized carbons (Fsp3) is 0.455. The highest BCUT2D eigenvalue weighted by Gasteiger charge is 2.06. The van der Waals surface area contributed by atoms with Gasteiger partial charge in [0.05, 0.1) is 7.11 Å². The molecule has 1 nitrogen and oxygen atoms in total. The van der Waals surface area contributed by atoms with Crippen LogP contribution in [0.5, 0.6) is 5.75 Å². The van der Waals surface area contributed by atoms with Crippen LogP contribution in [0.4, 0.5) is 0 Å². The summed E-state index contributed by atoms with van der Waals surface area (Å²) in [4.78, 5) is 0. The van der Waals surface area contributed by atoms with Crippen LogP contribution in [-0.4, -0.2) is 7.11 Å². The van der Waals surface area contributed by atoms with Crippen molar-refractivity contribution < 1.29 is 4.74 Å². The molecule has 0 atom stereocenters. The zero-order valence-electron chi connectivity index (χ0n) is 8.49. The lowest BCUT2D eigenvalue weighted by molar-refractivity contribution is 0.408. The molecule has 1 aromatic rings. The molecule has 1 heteroatoms. The Bertz CT molecular complexity index is 300. The SMILES string of the molecule is COc1c(C)cc(C)c(C)c1C. The molecule has 1 rings (SSSR count). The average Bonchev–Trinajstić information content (AvgIpc) is 2.01. The Morgan fingerprint density at radius 2 is 1.50 bits per heavy atom. The predicted octanol–water partition coefficient (Wildman–Crippen LogP) is 2.93. The molecule has 0 aliphatic carbocycles. The highest BCUT2D eigenvalue weighted by Crippen LogP contribution is 2.27. The number of hydrogen-bond donors (Lipinski definition) is 0. The molecule has 12 heavy (non-hydrogen) atoms. The maximum Gasteiger partial charge on any atom is 0.124 e. The van der Waals surface area contributed by atoms with E-state index in [9.17, 15) is 0 Å². The number of ether oxygens (including phenoxy) is 1. The van der Waals surface area contributed by atoms with Crippen LogP contribution in [0.25, 0.3) is 0 Å². The first-order valence-corrected chi connectivity index (χ1v) is 4.19. The van der Waals surface area contributed by atoms with E-state index in [4.69, 9.17) is 4.74 Å².